The molecule has 21 heavy (non-hydrogen) atoms. The van der Waals surface area contributed by atoms with E-state index in [2.05, 4.69) is 19.8 Å². The molecule has 2 N–H and O–H groups in total. The number of nitrogen functional groups attached to an aromatic ring is 1. The number of nitrogens with two attached hydrogens (primary N) is 1. The predicted octanol–water partition coefficient (Wildman–Crippen LogP) is 1.83. The molecule has 0 spiro atoms. The van der Waals surface area contributed by atoms with Crippen LogP contribution in [-0.2, 0) is 0 Å². The van der Waals surface area contributed by atoms with Gasteiger partial charge in [-0.1, -0.05) is 0 Å². The second-order valence-corrected chi connectivity index (χ2v) is 5.16. The summed E-state index contributed by atoms with van der Waals surface area (Å²) < 4.78 is 13.0. The van der Waals surface area contributed by atoms with Gasteiger partial charge in [-0.2, -0.15) is 0 Å². The minimum absolute atomic E-state index is 0.204. The minimum Gasteiger partial charge on any atom is -0.383 e. The van der Waals surface area contributed by atoms with E-state index in [4.69, 9.17) is 5.73 Å². The van der Waals surface area contributed by atoms with Crippen molar-refractivity contribution in [3.63, 3.8) is 0 Å². The number of hydrogen-bond donors (Lipinski definition) is 1. The lowest BCUT2D eigenvalue weighted by atomic mass is 10.2. The monoisotopic (exact) mass is 287 g/mol. The zero-order chi connectivity index (χ0) is 14.8. The fourth-order valence-electron chi connectivity index (χ4n) is 2.60. The van der Waals surface area contributed by atoms with E-state index in [0.717, 1.165) is 43.2 Å². The Morgan fingerprint density at radius 2 is 1.62 bits per heavy atom. The third-order valence-corrected chi connectivity index (χ3v) is 3.87. The predicted molar refractivity (Wildman–Crippen MR) is 82.0 cm³/mol. The molecule has 3 rings (SSSR count). The second kappa shape index (κ2) is 5.55. The van der Waals surface area contributed by atoms with Crippen molar-refractivity contribution in [2.45, 2.75) is 6.92 Å². The van der Waals surface area contributed by atoms with Gasteiger partial charge in [0.05, 0.1) is 0 Å². The molecule has 1 fully saturated rings. The van der Waals surface area contributed by atoms with Crippen LogP contribution in [0.4, 0.5) is 21.7 Å². The maximum Gasteiger partial charge on any atom is 0.137 e. The Bertz CT molecular complexity index is 620. The number of anilines is 3. The first-order chi connectivity index (χ1) is 10.1. The van der Waals surface area contributed by atoms with Crippen molar-refractivity contribution in [2.24, 2.45) is 0 Å². The normalized spacial score (nSPS) is 15.3. The Morgan fingerprint density at radius 3 is 2.29 bits per heavy atom. The van der Waals surface area contributed by atoms with E-state index in [9.17, 15) is 4.39 Å². The van der Waals surface area contributed by atoms with Crippen molar-refractivity contribution in [2.75, 3.05) is 41.7 Å². The van der Waals surface area contributed by atoms with E-state index in [-0.39, 0.29) is 5.82 Å². The summed E-state index contributed by atoms with van der Waals surface area (Å²) in [5.41, 5.74) is 7.81. The molecule has 1 saturated heterocycles. The second-order valence-electron chi connectivity index (χ2n) is 5.16. The van der Waals surface area contributed by atoms with Crippen LogP contribution in [0.2, 0.25) is 0 Å². The van der Waals surface area contributed by atoms with Crippen LogP contribution in [0.5, 0.6) is 0 Å². The SMILES string of the molecule is Cc1c(N)ncnc1N1CCN(c2ccc(F)cc2)CC1. The molecule has 2 aromatic rings. The first-order valence-corrected chi connectivity index (χ1v) is 6.97. The molecule has 0 atom stereocenters. The number of benzene rings is 1. The van der Waals surface area contributed by atoms with E-state index in [1.54, 1.807) is 0 Å². The molecule has 0 unspecified atom stereocenters. The van der Waals surface area contributed by atoms with Crippen molar-refractivity contribution >= 4 is 17.3 Å². The molecule has 1 aliphatic heterocycles. The highest BCUT2D eigenvalue weighted by molar-refractivity contribution is 5.57. The van der Waals surface area contributed by atoms with Crippen LogP contribution in [0.3, 0.4) is 0 Å². The van der Waals surface area contributed by atoms with Gasteiger partial charge in [0.25, 0.3) is 0 Å². The maximum atomic E-state index is 13.0. The smallest absolute Gasteiger partial charge is 0.137 e. The Hall–Kier alpha value is -2.37. The number of rotatable bonds is 2. The first kappa shape index (κ1) is 13.6. The highest BCUT2D eigenvalue weighted by Gasteiger charge is 2.20. The van der Waals surface area contributed by atoms with Crippen LogP contribution < -0.4 is 15.5 Å². The molecule has 0 aliphatic carbocycles. The summed E-state index contributed by atoms with van der Waals surface area (Å²) in [6.07, 6.45) is 1.50. The lowest BCUT2D eigenvalue weighted by Gasteiger charge is -2.37. The highest BCUT2D eigenvalue weighted by atomic mass is 19.1. The number of halogens is 1. The lowest BCUT2D eigenvalue weighted by Crippen LogP contribution is -2.47. The van der Waals surface area contributed by atoms with E-state index < -0.39 is 0 Å². The van der Waals surface area contributed by atoms with Crippen molar-refractivity contribution in [1.82, 2.24) is 9.97 Å². The molecule has 1 aromatic carbocycles. The summed E-state index contributed by atoms with van der Waals surface area (Å²) in [5, 5.41) is 0. The molecular formula is C15H18FN5. The Kier molecular flexibility index (Phi) is 3.60. The largest absolute Gasteiger partial charge is 0.383 e. The van der Waals surface area contributed by atoms with Crippen LogP contribution in [-0.4, -0.2) is 36.1 Å². The molecule has 5 nitrogen and oxygen atoms in total. The standard InChI is InChI=1S/C15H18FN5/c1-11-14(17)18-10-19-15(11)21-8-6-20(7-9-21)13-4-2-12(16)3-5-13/h2-5,10H,6-9H2,1H3,(H2,17,18,19). The average Bonchev–Trinajstić information content (AvgIpc) is 2.51. The van der Waals surface area contributed by atoms with Gasteiger partial charge in [0.1, 0.15) is 23.8 Å². The van der Waals surface area contributed by atoms with Crippen LogP contribution in [0.1, 0.15) is 5.56 Å². The minimum atomic E-state index is -0.204. The summed E-state index contributed by atoms with van der Waals surface area (Å²) in [4.78, 5) is 12.8. The Labute approximate surface area is 123 Å². The number of nitrogens with zero attached hydrogens (tertiary/aromatic N) is 4. The summed E-state index contributed by atoms with van der Waals surface area (Å²) >= 11 is 0. The molecule has 0 bridgehead atoms. The van der Waals surface area contributed by atoms with Crippen molar-refractivity contribution in [3.05, 3.63) is 42.0 Å². The molecule has 1 aromatic heterocycles. The zero-order valence-electron chi connectivity index (χ0n) is 12.0. The number of aromatic nitrogens is 2. The van der Waals surface area contributed by atoms with E-state index in [1.807, 2.05) is 19.1 Å². The molecule has 0 radical (unpaired) electrons. The van der Waals surface area contributed by atoms with Gasteiger partial charge in [-0.3, -0.25) is 0 Å². The first-order valence-electron chi connectivity index (χ1n) is 6.97. The van der Waals surface area contributed by atoms with E-state index >= 15 is 0 Å². The van der Waals surface area contributed by atoms with Crippen LogP contribution in [0.15, 0.2) is 30.6 Å². The third kappa shape index (κ3) is 2.74. The molecule has 1 aliphatic rings. The number of piperazine rings is 1. The van der Waals surface area contributed by atoms with Crippen molar-refractivity contribution in [3.8, 4) is 0 Å². The molecule has 0 saturated carbocycles. The zero-order valence-corrected chi connectivity index (χ0v) is 12.0. The van der Waals surface area contributed by atoms with Gasteiger partial charge in [0, 0.05) is 37.4 Å². The van der Waals surface area contributed by atoms with Crippen LogP contribution in [0.25, 0.3) is 0 Å². The summed E-state index contributed by atoms with van der Waals surface area (Å²) in [6.45, 7) is 5.39. The molecule has 110 valence electrons. The maximum absolute atomic E-state index is 13.0. The van der Waals surface area contributed by atoms with Gasteiger partial charge < -0.3 is 15.5 Å². The quantitative estimate of drug-likeness (QED) is 0.913. The average molecular weight is 287 g/mol. The molecule has 2 heterocycles. The van der Waals surface area contributed by atoms with Gasteiger partial charge in [0.2, 0.25) is 0 Å². The number of hydrogen-bond acceptors (Lipinski definition) is 5. The Balaban J connectivity index is 1.70. The Morgan fingerprint density at radius 1 is 1.00 bits per heavy atom. The fourth-order valence-corrected chi connectivity index (χ4v) is 2.60. The molecule has 6 heteroatoms. The van der Waals surface area contributed by atoms with Crippen LogP contribution >= 0.6 is 0 Å². The third-order valence-electron chi connectivity index (χ3n) is 3.87. The van der Waals surface area contributed by atoms with Crippen molar-refractivity contribution in [1.29, 1.82) is 0 Å². The van der Waals surface area contributed by atoms with Gasteiger partial charge >= 0.3 is 0 Å². The molecular weight excluding hydrogens is 269 g/mol. The molecule has 0 amide bonds. The van der Waals surface area contributed by atoms with Gasteiger partial charge in [-0.15, -0.1) is 0 Å². The lowest BCUT2D eigenvalue weighted by molar-refractivity contribution is 0.624. The van der Waals surface area contributed by atoms with Crippen LogP contribution in [0, 0.1) is 12.7 Å². The van der Waals surface area contributed by atoms with Crippen molar-refractivity contribution < 1.29 is 4.39 Å². The van der Waals surface area contributed by atoms with Gasteiger partial charge in [-0.25, -0.2) is 14.4 Å². The van der Waals surface area contributed by atoms with E-state index in [1.165, 1.54) is 18.5 Å². The van der Waals surface area contributed by atoms with E-state index in [0.29, 0.717) is 5.82 Å². The fraction of sp³-hybridized carbons (Fsp3) is 0.333. The van der Waals surface area contributed by atoms with Gasteiger partial charge in [0.15, 0.2) is 0 Å². The highest BCUT2D eigenvalue weighted by Crippen LogP contribution is 2.23. The summed E-state index contributed by atoms with van der Waals surface area (Å²) in [7, 11) is 0. The summed E-state index contributed by atoms with van der Waals surface area (Å²) in [6, 6.07) is 6.63. The summed E-state index contributed by atoms with van der Waals surface area (Å²) in [5.74, 6) is 1.23. The topological polar surface area (TPSA) is 58.3 Å². The van der Waals surface area contributed by atoms with Gasteiger partial charge in [-0.05, 0) is 31.2 Å².